The minimum atomic E-state index is -5.01. The number of H-pyrrole nitrogens is 1. The van der Waals surface area contributed by atoms with Gasteiger partial charge in [-0.2, -0.15) is 18.3 Å². The van der Waals surface area contributed by atoms with Crippen LogP contribution in [0.4, 0.5) is 13.2 Å². The second-order valence-electron chi connectivity index (χ2n) is 3.87. The van der Waals surface area contributed by atoms with Gasteiger partial charge in [0.05, 0.1) is 6.54 Å². The van der Waals surface area contributed by atoms with Crippen LogP contribution in [0.25, 0.3) is 11.4 Å². The standard InChI is InChI=1S/C11H7ClF3N3O2/c12-7-3-1-6(2-4-7)9-16-17-10(20)18(9)5-8(19)11(13,14)15/h1-4H,5H2,(H,17,20). The number of nitrogens with zero attached hydrogens (tertiary/aromatic N) is 2. The predicted molar refractivity (Wildman–Crippen MR) is 64.4 cm³/mol. The van der Waals surface area contributed by atoms with Crippen molar-refractivity contribution in [2.75, 3.05) is 0 Å². The van der Waals surface area contributed by atoms with Gasteiger partial charge in [-0.15, -0.1) is 0 Å². The Balaban J connectivity index is 2.40. The summed E-state index contributed by atoms with van der Waals surface area (Å²) in [5.41, 5.74) is -0.532. The Labute approximate surface area is 115 Å². The van der Waals surface area contributed by atoms with Crippen LogP contribution < -0.4 is 5.69 Å². The molecule has 0 radical (unpaired) electrons. The van der Waals surface area contributed by atoms with Crippen molar-refractivity contribution in [3.63, 3.8) is 0 Å². The van der Waals surface area contributed by atoms with E-state index in [4.69, 9.17) is 11.6 Å². The summed E-state index contributed by atoms with van der Waals surface area (Å²) in [7, 11) is 0. The SMILES string of the molecule is O=C(Cn1c(-c2ccc(Cl)cc2)n[nH]c1=O)C(F)(F)F. The molecule has 0 aliphatic heterocycles. The monoisotopic (exact) mass is 305 g/mol. The first-order valence-corrected chi connectivity index (χ1v) is 5.68. The molecule has 0 unspecified atom stereocenters. The number of alkyl halides is 3. The second-order valence-corrected chi connectivity index (χ2v) is 4.30. The number of hydrogen-bond acceptors (Lipinski definition) is 3. The summed E-state index contributed by atoms with van der Waals surface area (Å²) in [6, 6.07) is 5.94. The molecule has 0 saturated carbocycles. The lowest BCUT2D eigenvalue weighted by molar-refractivity contribution is -0.171. The summed E-state index contributed by atoms with van der Waals surface area (Å²) < 4.78 is 37.4. The van der Waals surface area contributed by atoms with Crippen LogP contribution in [0.5, 0.6) is 0 Å². The topological polar surface area (TPSA) is 67.8 Å². The Morgan fingerprint density at radius 2 is 1.90 bits per heavy atom. The number of halogens is 4. The number of benzene rings is 1. The summed E-state index contributed by atoms with van der Waals surface area (Å²) in [6.07, 6.45) is -5.01. The average Bonchev–Trinajstić information content (AvgIpc) is 2.71. The van der Waals surface area contributed by atoms with Crippen LogP contribution >= 0.6 is 11.6 Å². The van der Waals surface area contributed by atoms with Gasteiger partial charge in [-0.1, -0.05) is 11.6 Å². The van der Waals surface area contributed by atoms with Crippen LogP contribution in [0, 0.1) is 0 Å². The number of aromatic nitrogens is 3. The number of rotatable bonds is 3. The van der Waals surface area contributed by atoms with Gasteiger partial charge >= 0.3 is 11.9 Å². The fourth-order valence-corrected chi connectivity index (χ4v) is 1.64. The largest absolute Gasteiger partial charge is 0.451 e. The maximum absolute atomic E-state index is 12.2. The lowest BCUT2D eigenvalue weighted by atomic mass is 10.2. The highest BCUT2D eigenvalue weighted by molar-refractivity contribution is 6.30. The van der Waals surface area contributed by atoms with Crippen LogP contribution in [0.3, 0.4) is 0 Å². The molecule has 0 saturated heterocycles. The predicted octanol–water partition coefficient (Wildman–Crippen LogP) is 2.02. The van der Waals surface area contributed by atoms with Gasteiger partial charge in [-0.05, 0) is 24.3 Å². The minimum Gasteiger partial charge on any atom is -0.288 e. The third-order valence-corrected chi connectivity index (χ3v) is 2.73. The lowest BCUT2D eigenvalue weighted by Crippen LogP contribution is -2.31. The molecule has 106 valence electrons. The Kier molecular flexibility index (Phi) is 3.67. The number of nitrogens with one attached hydrogen (secondary N) is 1. The van der Waals surface area contributed by atoms with Crippen molar-refractivity contribution in [3.05, 3.63) is 39.8 Å². The van der Waals surface area contributed by atoms with Crippen molar-refractivity contribution in [1.82, 2.24) is 14.8 Å². The zero-order valence-electron chi connectivity index (χ0n) is 9.74. The molecular formula is C11H7ClF3N3O2. The Hall–Kier alpha value is -2.09. The van der Waals surface area contributed by atoms with E-state index < -0.39 is 24.2 Å². The van der Waals surface area contributed by atoms with Gasteiger partial charge in [0.15, 0.2) is 5.82 Å². The van der Waals surface area contributed by atoms with Gasteiger partial charge < -0.3 is 0 Å². The van der Waals surface area contributed by atoms with Crippen molar-refractivity contribution in [3.8, 4) is 11.4 Å². The smallest absolute Gasteiger partial charge is 0.288 e. The minimum absolute atomic E-state index is 0.0655. The molecule has 1 aromatic heterocycles. The highest BCUT2D eigenvalue weighted by Gasteiger charge is 2.38. The van der Waals surface area contributed by atoms with Gasteiger partial charge in [0.1, 0.15) is 0 Å². The molecule has 1 N–H and O–H groups in total. The Bertz CT molecular complexity index is 688. The molecule has 0 spiro atoms. The van der Waals surface area contributed by atoms with Gasteiger partial charge in [0, 0.05) is 10.6 Å². The first kappa shape index (κ1) is 14.3. The van der Waals surface area contributed by atoms with E-state index in [1.807, 2.05) is 5.10 Å². The van der Waals surface area contributed by atoms with E-state index in [2.05, 4.69) is 5.10 Å². The van der Waals surface area contributed by atoms with Gasteiger partial charge in [-0.3, -0.25) is 9.36 Å². The van der Waals surface area contributed by atoms with E-state index in [1.165, 1.54) is 24.3 Å². The van der Waals surface area contributed by atoms with Gasteiger partial charge in [-0.25, -0.2) is 9.89 Å². The normalized spacial score (nSPS) is 11.6. The molecule has 5 nitrogen and oxygen atoms in total. The van der Waals surface area contributed by atoms with Crippen LogP contribution in [0.2, 0.25) is 5.02 Å². The summed E-state index contributed by atoms with van der Waals surface area (Å²) >= 11 is 5.69. The van der Waals surface area contributed by atoms with Crippen LogP contribution in [0.15, 0.2) is 29.1 Å². The molecule has 0 fully saturated rings. The van der Waals surface area contributed by atoms with E-state index in [1.54, 1.807) is 0 Å². The molecule has 2 aromatic rings. The molecule has 2 rings (SSSR count). The van der Waals surface area contributed by atoms with Crippen LogP contribution in [0.1, 0.15) is 0 Å². The molecule has 0 aliphatic carbocycles. The number of Topliss-reactive ketones (excluding diaryl/α,β-unsaturated/α-hetero) is 1. The maximum Gasteiger partial charge on any atom is 0.451 e. The third-order valence-electron chi connectivity index (χ3n) is 2.48. The Morgan fingerprint density at radius 3 is 2.45 bits per heavy atom. The fraction of sp³-hybridized carbons (Fsp3) is 0.182. The van der Waals surface area contributed by atoms with E-state index in [9.17, 15) is 22.8 Å². The molecule has 0 aliphatic rings. The summed E-state index contributed by atoms with van der Waals surface area (Å²) in [4.78, 5) is 22.4. The van der Waals surface area contributed by atoms with Crippen LogP contribution in [-0.4, -0.2) is 26.7 Å². The first-order valence-electron chi connectivity index (χ1n) is 5.30. The molecule has 9 heteroatoms. The van der Waals surface area contributed by atoms with Crippen molar-refractivity contribution < 1.29 is 18.0 Å². The van der Waals surface area contributed by atoms with Crippen molar-refractivity contribution in [2.24, 2.45) is 0 Å². The zero-order chi connectivity index (χ0) is 14.9. The molecule has 20 heavy (non-hydrogen) atoms. The summed E-state index contributed by atoms with van der Waals surface area (Å²) in [5.74, 6) is -2.10. The van der Waals surface area contributed by atoms with Gasteiger partial charge in [0.25, 0.3) is 5.78 Å². The van der Waals surface area contributed by atoms with E-state index in [0.29, 0.717) is 15.2 Å². The van der Waals surface area contributed by atoms with E-state index in [0.717, 1.165) is 0 Å². The molecule has 0 atom stereocenters. The van der Waals surface area contributed by atoms with Crippen molar-refractivity contribution in [1.29, 1.82) is 0 Å². The van der Waals surface area contributed by atoms with Crippen LogP contribution in [-0.2, 0) is 11.3 Å². The molecule has 0 bridgehead atoms. The number of hydrogen-bond donors (Lipinski definition) is 1. The fourth-order valence-electron chi connectivity index (χ4n) is 1.52. The quantitative estimate of drug-likeness (QED) is 0.943. The molecule has 1 aromatic carbocycles. The van der Waals surface area contributed by atoms with E-state index in [-0.39, 0.29) is 5.82 Å². The van der Waals surface area contributed by atoms with E-state index >= 15 is 0 Å². The highest BCUT2D eigenvalue weighted by Crippen LogP contribution is 2.21. The Morgan fingerprint density at radius 1 is 1.30 bits per heavy atom. The van der Waals surface area contributed by atoms with Crippen molar-refractivity contribution in [2.45, 2.75) is 12.7 Å². The number of ketones is 1. The lowest BCUT2D eigenvalue weighted by Gasteiger charge is -2.07. The van der Waals surface area contributed by atoms with Crippen molar-refractivity contribution >= 4 is 17.4 Å². The molecule has 0 amide bonds. The summed E-state index contributed by atoms with van der Waals surface area (Å²) in [6.45, 7) is -1.13. The number of carbonyl (C=O) groups excluding carboxylic acids is 1. The number of aromatic amines is 1. The number of carbonyl (C=O) groups is 1. The average molecular weight is 306 g/mol. The molecular weight excluding hydrogens is 299 g/mol. The maximum atomic E-state index is 12.2. The zero-order valence-corrected chi connectivity index (χ0v) is 10.5. The second kappa shape index (κ2) is 5.12. The summed E-state index contributed by atoms with van der Waals surface area (Å²) in [5, 5.41) is 6.05. The third kappa shape index (κ3) is 2.90. The highest BCUT2D eigenvalue weighted by atomic mass is 35.5. The van der Waals surface area contributed by atoms with Gasteiger partial charge in [0.2, 0.25) is 0 Å². The molecule has 1 heterocycles. The first-order chi connectivity index (χ1) is 9.29.